The van der Waals surface area contributed by atoms with Crippen LogP contribution in [0.4, 0.5) is 0 Å². The Morgan fingerprint density at radius 2 is 1.74 bits per heavy atom. The van der Waals surface area contributed by atoms with Gasteiger partial charge in [-0.15, -0.1) is 0 Å². The predicted octanol–water partition coefficient (Wildman–Crippen LogP) is 4.20. The van der Waals surface area contributed by atoms with E-state index in [1.807, 2.05) is 50.2 Å². The number of carbonyl (C=O) groups is 1. The van der Waals surface area contributed by atoms with Crippen molar-refractivity contribution in [3.8, 4) is 5.75 Å². The molecule has 2 rings (SSSR count). The minimum Gasteiger partial charge on any atom is -0.481 e. The number of para-hydroxylation sites is 1. The van der Waals surface area contributed by atoms with Crippen LogP contribution in [-0.2, 0) is 11.2 Å². The van der Waals surface area contributed by atoms with E-state index in [0.717, 1.165) is 23.3 Å². The number of rotatable bonds is 6. The maximum Gasteiger partial charge on any atom is 0.261 e. The fraction of sp³-hybridized carbons (Fsp3) is 0.350. The zero-order chi connectivity index (χ0) is 16.8. The van der Waals surface area contributed by atoms with Gasteiger partial charge in [-0.1, -0.05) is 55.0 Å². The second kappa shape index (κ2) is 7.82. The Labute approximate surface area is 138 Å². The van der Waals surface area contributed by atoms with Gasteiger partial charge in [-0.3, -0.25) is 4.79 Å². The largest absolute Gasteiger partial charge is 0.481 e. The topological polar surface area (TPSA) is 38.3 Å². The molecule has 23 heavy (non-hydrogen) atoms. The monoisotopic (exact) mass is 311 g/mol. The number of nitrogens with one attached hydrogen (secondary N) is 1. The van der Waals surface area contributed by atoms with Gasteiger partial charge in [0.25, 0.3) is 5.91 Å². The SMILES string of the molecule is CCc1ccccc1O[C@H](C)C(=O)N[C@H](C)c1ccc(C)cc1. The lowest BCUT2D eigenvalue weighted by atomic mass is 10.1. The Bertz CT molecular complexity index is 649. The average molecular weight is 311 g/mol. The van der Waals surface area contributed by atoms with Gasteiger partial charge in [-0.05, 0) is 44.4 Å². The molecule has 0 aliphatic rings. The Hall–Kier alpha value is -2.29. The van der Waals surface area contributed by atoms with Crippen LogP contribution >= 0.6 is 0 Å². The van der Waals surface area contributed by atoms with Crippen LogP contribution < -0.4 is 10.1 Å². The number of aryl methyl sites for hydroxylation is 2. The lowest BCUT2D eigenvalue weighted by Gasteiger charge is -2.20. The molecule has 2 aromatic rings. The van der Waals surface area contributed by atoms with Crippen LogP contribution in [0.2, 0.25) is 0 Å². The second-order valence-corrected chi connectivity index (χ2v) is 5.86. The molecule has 2 aromatic carbocycles. The van der Waals surface area contributed by atoms with Crippen molar-refractivity contribution >= 4 is 5.91 Å². The molecule has 0 heterocycles. The molecule has 3 nitrogen and oxygen atoms in total. The smallest absolute Gasteiger partial charge is 0.261 e. The predicted molar refractivity (Wildman–Crippen MR) is 93.6 cm³/mol. The van der Waals surface area contributed by atoms with Crippen LogP contribution in [-0.4, -0.2) is 12.0 Å². The van der Waals surface area contributed by atoms with E-state index in [4.69, 9.17) is 4.74 Å². The standard InChI is InChI=1S/C20H25NO2/c1-5-17-8-6-7-9-19(17)23-16(4)20(22)21-15(3)18-12-10-14(2)11-13-18/h6-13,15-16H,5H2,1-4H3,(H,21,22)/t15-,16-/m1/s1. The second-order valence-electron chi connectivity index (χ2n) is 5.86. The molecule has 0 fully saturated rings. The highest BCUT2D eigenvalue weighted by Gasteiger charge is 2.18. The minimum atomic E-state index is -0.532. The van der Waals surface area contributed by atoms with Crippen molar-refractivity contribution in [2.75, 3.05) is 0 Å². The molecule has 0 bridgehead atoms. The summed E-state index contributed by atoms with van der Waals surface area (Å²) >= 11 is 0. The maximum atomic E-state index is 12.4. The number of hydrogen-bond acceptors (Lipinski definition) is 2. The van der Waals surface area contributed by atoms with E-state index in [1.54, 1.807) is 6.92 Å². The molecule has 0 unspecified atom stereocenters. The summed E-state index contributed by atoms with van der Waals surface area (Å²) in [6.45, 7) is 7.89. The molecule has 0 aliphatic heterocycles. The molecule has 122 valence electrons. The first-order chi connectivity index (χ1) is 11.0. The maximum absolute atomic E-state index is 12.4. The fourth-order valence-corrected chi connectivity index (χ4v) is 2.42. The Morgan fingerprint density at radius 3 is 2.39 bits per heavy atom. The van der Waals surface area contributed by atoms with E-state index in [2.05, 4.69) is 24.4 Å². The van der Waals surface area contributed by atoms with Crippen LogP contribution in [0.15, 0.2) is 48.5 Å². The van der Waals surface area contributed by atoms with E-state index in [0.29, 0.717) is 0 Å². The third-order valence-corrected chi connectivity index (χ3v) is 3.96. The summed E-state index contributed by atoms with van der Waals surface area (Å²) in [6.07, 6.45) is 0.347. The van der Waals surface area contributed by atoms with Crippen LogP contribution in [0, 0.1) is 6.92 Å². The van der Waals surface area contributed by atoms with Gasteiger partial charge in [0, 0.05) is 0 Å². The molecule has 1 amide bonds. The Morgan fingerprint density at radius 1 is 1.09 bits per heavy atom. The van der Waals surface area contributed by atoms with E-state index < -0.39 is 6.10 Å². The first-order valence-corrected chi connectivity index (χ1v) is 8.12. The highest BCUT2D eigenvalue weighted by molar-refractivity contribution is 5.81. The quantitative estimate of drug-likeness (QED) is 0.868. The van der Waals surface area contributed by atoms with Gasteiger partial charge in [0.15, 0.2) is 6.10 Å². The summed E-state index contributed by atoms with van der Waals surface area (Å²) in [7, 11) is 0. The Kier molecular flexibility index (Phi) is 5.80. The van der Waals surface area contributed by atoms with Gasteiger partial charge in [0.2, 0.25) is 0 Å². The summed E-state index contributed by atoms with van der Waals surface area (Å²) in [5, 5.41) is 3.01. The van der Waals surface area contributed by atoms with Crippen LogP contribution in [0.3, 0.4) is 0 Å². The third kappa shape index (κ3) is 4.59. The molecule has 0 spiro atoms. The van der Waals surface area contributed by atoms with Crippen LogP contribution in [0.25, 0.3) is 0 Å². The lowest BCUT2D eigenvalue weighted by molar-refractivity contribution is -0.127. The Balaban J connectivity index is 1.98. The van der Waals surface area contributed by atoms with Gasteiger partial charge in [0.05, 0.1) is 6.04 Å². The highest BCUT2D eigenvalue weighted by Crippen LogP contribution is 2.20. The molecule has 1 N–H and O–H groups in total. The van der Waals surface area contributed by atoms with E-state index in [9.17, 15) is 4.79 Å². The molecule has 0 aromatic heterocycles. The van der Waals surface area contributed by atoms with E-state index in [1.165, 1.54) is 5.56 Å². The summed E-state index contributed by atoms with van der Waals surface area (Å²) in [5.41, 5.74) is 3.41. The molecular formula is C20H25NO2. The number of ether oxygens (including phenoxy) is 1. The van der Waals surface area contributed by atoms with Crippen molar-refractivity contribution in [3.63, 3.8) is 0 Å². The van der Waals surface area contributed by atoms with E-state index >= 15 is 0 Å². The number of benzene rings is 2. The number of amides is 1. The first-order valence-electron chi connectivity index (χ1n) is 8.12. The number of hydrogen-bond donors (Lipinski definition) is 1. The summed E-state index contributed by atoms with van der Waals surface area (Å²) in [4.78, 5) is 12.4. The highest BCUT2D eigenvalue weighted by atomic mass is 16.5. The van der Waals surface area contributed by atoms with Gasteiger partial charge in [-0.25, -0.2) is 0 Å². The van der Waals surface area contributed by atoms with Gasteiger partial charge < -0.3 is 10.1 Å². The first kappa shape index (κ1) is 17.1. The molecular weight excluding hydrogens is 286 g/mol. The molecule has 0 saturated heterocycles. The zero-order valence-electron chi connectivity index (χ0n) is 14.3. The van der Waals surface area contributed by atoms with Crippen molar-refractivity contribution in [2.45, 2.75) is 46.3 Å². The lowest BCUT2D eigenvalue weighted by Crippen LogP contribution is -2.37. The summed E-state index contributed by atoms with van der Waals surface area (Å²) < 4.78 is 5.84. The number of carbonyl (C=O) groups excluding carboxylic acids is 1. The van der Waals surface area contributed by atoms with Crippen molar-refractivity contribution < 1.29 is 9.53 Å². The van der Waals surface area contributed by atoms with Crippen molar-refractivity contribution in [3.05, 3.63) is 65.2 Å². The normalized spacial score (nSPS) is 13.2. The molecule has 3 heteroatoms. The third-order valence-electron chi connectivity index (χ3n) is 3.96. The summed E-state index contributed by atoms with van der Waals surface area (Å²) in [6, 6.07) is 16.0. The molecule has 0 saturated carbocycles. The van der Waals surface area contributed by atoms with Crippen LogP contribution in [0.1, 0.15) is 43.5 Å². The van der Waals surface area contributed by atoms with E-state index in [-0.39, 0.29) is 11.9 Å². The zero-order valence-corrected chi connectivity index (χ0v) is 14.3. The molecule has 2 atom stereocenters. The van der Waals surface area contributed by atoms with Crippen LogP contribution in [0.5, 0.6) is 5.75 Å². The van der Waals surface area contributed by atoms with Gasteiger partial charge in [-0.2, -0.15) is 0 Å². The van der Waals surface area contributed by atoms with Crippen molar-refractivity contribution in [1.82, 2.24) is 5.32 Å². The fourth-order valence-electron chi connectivity index (χ4n) is 2.42. The average Bonchev–Trinajstić information content (AvgIpc) is 2.55. The molecule has 0 aliphatic carbocycles. The minimum absolute atomic E-state index is 0.0458. The summed E-state index contributed by atoms with van der Waals surface area (Å²) in [5.74, 6) is 0.671. The molecule has 0 radical (unpaired) electrons. The van der Waals surface area contributed by atoms with Gasteiger partial charge >= 0.3 is 0 Å². The van der Waals surface area contributed by atoms with Crippen molar-refractivity contribution in [1.29, 1.82) is 0 Å². The van der Waals surface area contributed by atoms with Gasteiger partial charge in [0.1, 0.15) is 5.75 Å². The van der Waals surface area contributed by atoms with Crippen molar-refractivity contribution in [2.24, 2.45) is 0 Å².